The zero-order chi connectivity index (χ0) is 4.41. The molecule has 0 aromatic rings. The summed E-state index contributed by atoms with van der Waals surface area (Å²) in [6.45, 7) is 0. The van der Waals surface area contributed by atoms with Crippen molar-refractivity contribution in [1.29, 1.82) is 0 Å². The van der Waals surface area contributed by atoms with Crippen LogP contribution in [0.15, 0.2) is 21.7 Å². The van der Waals surface area contributed by atoms with Crippen LogP contribution in [0.1, 0.15) is 0 Å². The Morgan fingerprint density at radius 1 is 1.67 bits per heavy atom. The van der Waals surface area contributed by atoms with Crippen LogP contribution in [-0.2, 0) is 0 Å². The standard InChI is InChI=1S/C4H7NSe/c5-4-1-2-6-3-4/h1-3H,5-6H2. The van der Waals surface area contributed by atoms with Crippen LogP contribution in [0, 0.1) is 0 Å². The van der Waals surface area contributed by atoms with E-state index in [0.717, 1.165) is 5.70 Å². The van der Waals surface area contributed by atoms with E-state index in [0.29, 0.717) is 0 Å². The minimum atomic E-state index is 0.127. The first-order valence-electron chi connectivity index (χ1n) is 1.78. The van der Waals surface area contributed by atoms with Gasteiger partial charge in [-0.2, -0.15) is 0 Å². The normalized spacial score (nSPS) is 25.0. The second-order valence-corrected chi connectivity index (χ2v) is 3.15. The molecule has 0 aromatic heterocycles. The van der Waals surface area contributed by atoms with Crippen LogP contribution in [0.4, 0.5) is 0 Å². The number of hydrogen-bond acceptors (Lipinski definition) is 1. The van der Waals surface area contributed by atoms with Crippen LogP contribution in [0.25, 0.3) is 0 Å². The molecule has 2 heteroatoms. The summed E-state index contributed by atoms with van der Waals surface area (Å²) >= 11 is 0.127. The third-order valence-corrected chi connectivity index (χ3v) is 2.42. The molecule has 0 atom stereocenters. The molecule has 1 rings (SSSR count). The third-order valence-electron chi connectivity index (χ3n) is 0.622. The summed E-state index contributed by atoms with van der Waals surface area (Å²) in [5.41, 5.74) is 6.29. The molecule has 0 saturated heterocycles. The maximum absolute atomic E-state index is 5.34. The average Bonchev–Trinajstić information content (AvgIpc) is 1.86. The molecule has 0 aliphatic carbocycles. The van der Waals surface area contributed by atoms with Gasteiger partial charge in [0.1, 0.15) is 0 Å². The molecule has 0 unspecified atom stereocenters. The van der Waals surface area contributed by atoms with Crippen molar-refractivity contribution in [2.24, 2.45) is 5.73 Å². The summed E-state index contributed by atoms with van der Waals surface area (Å²) < 4.78 is 0. The topological polar surface area (TPSA) is 26.0 Å². The third kappa shape index (κ3) is 0.644. The van der Waals surface area contributed by atoms with Gasteiger partial charge in [-0.15, -0.1) is 0 Å². The molecular formula is C4H7NSe. The molecule has 0 bridgehead atoms. The van der Waals surface area contributed by atoms with Crippen molar-refractivity contribution >= 4 is 15.0 Å². The van der Waals surface area contributed by atoms with Gasteiger partial charge in [-0.05, 0) is 0 Å². The van der Waals surface area contributed by atoms with Gasteiger partial charge in [-0.25, -0.2) is 0 Å². The number of nitrogens with two attached hydrogens (primary N) is 1. The van der Waals surface area contributed by atoms with Crippen molar-refractivity contribution < 1.29 is 0 Å². The summed E-state index contributed by atoms with van der Waals surface area (Å²) in [6, 6.07) is 0. The zero-order valence-electron chi connectivity index (χ0n) is 3.31. The number of rotatable bonds is 0. The van der Waals surface area contributed by atoms with Crippen LogP contribution in [0.2, 0.25) is 0 Å². The Kier molecular flexibility index (Phi) is 0.992. The van der Waals surface area contributed by atoms with Gasteiger partial charge in [-0.1, -0.05) is 0 Å². The molecule has 1 heterocycles. The Morgan fingerprint density at radius 2 is 2.50 bits per heavy atom. The molecule has 2 N–H and O–H groups in total. The molecule has 1 aliphatic rings. The molecule has 1 aliphatic heterocycles. The molecule has 0 spiro atoms. The number of hydrogen-bond donors (Lipinski definition) is 1. The van der Waals surface area contributed by atoms with Crippen molar-refractivity contribution in [3.05, 3.63) is 21.7 Å². The first-order chi connectivity index (χ1) is 2.89. The molecule has 1 nitrogen and oxygen atoms in total. The van der Waals surface area contributed by atoms with Gasteiger partial charge in [0.05, 0.1) is 0 Å². The van der Waals surface area contributed by atoms with E-state index in [9.17, 15) is 0 Å². The summed E-state index contributed by atoms with van der Waals surface area (Å²) in [5, 5.41) is 0. The fourth-order valence-corrected chi connectivity index (χ4v) is 1.75. The first-order valence-corrected chi connectivity index (χ1v) is 4.20. The molecule has 0 amide bonds. The van der Waals surface area contributed by atoms with Gasteiger partial charge >= 0.3 is 42.4 Å². The molecule has 0 saturated carbocycles. The second kappa shape index (κ2) is 1.50. The quantitative estimate of drug-likeness (QED) is 0.460. The van der Waals surface area contributed by atoms with Crippen molar-refractivity contribution in [2.45, 2.75) is 0 Å². The van der Waals surface area contributed by atoms with E-state index in [1.54, 1.807) is 0 Å². The van der Waals surface area contributed by atoms with Gasteiger partial charge in [0.25, 0.3) is 0 Å². The Bertz CT molecular complexity index is 101. The van der Waals surface area contributed by atoms with E-state index in [1.807, 2.05) is 6.08 Å². The van der Waals surface area contributed by atoms with E-state index in [4.69, 9.17) is 5.73 Å². The first kappa shape index (κ1) is 3.97. The van der Waals surface area contributed by atoms with Gasteiger partial charge in [0, 0.05) is 0 Å². The summed E-state index contributed by atoms with van der Waals surface area (Å²) in [4.78, 5) is 4.27. The summed E-state index contributed by atoms with van der Waals surface area (Å²) in [5.74, 6) is 0. The fraction of sp³-hybridized carbons (Fsp3) is 0. The van der Waals surface area contributed by atoms with E-state index < -0.39 is 0 Å². The molecule has 0 aromatic carbocycles. The van der Waals surface area contributed by atoms with Crippen LogP contribution in [0.3, 0.4) is 0 Å². The van der Waals surface area contributed by atoms with Gasteiger partial charge in [0.2, 0.25) is 0 Å². The molecule has 6 heavy (non-hydrogen) atoms. The monoisotopic (exact) mass is 149 g/mol. The van der Waals surface area contributed by atoms with E-state index >= 15 is 0 Å². The van der Waals surface area contributed by atoms with Crippen molar-refractivity contribution in [3.8, 4) is 0 Å². The van der Waals surface area contributed by atoms with Crippen LogP contribution in [-0.4, -0.2) is 15.0 Å². The predicted molar refractivity (Wildman–Crippen MR) is 30.0 cm³/mol. The second-order valence-electron chi connectivity index (χ2n) is 1.14. The summed E-state index contributed by atoms with van der Waals surface area (Å²) in [7, 11) is 0. The number of allylic oxidation sites excluding steroid dienone is 1. The fourth-order valence-electron chi connectivity index (χ4n) is 0.337. The van der Waals surface area contributed by atoms with Crippen molar-refractivity contribution in [1.82, 2.24) is 0 Å². The van der Waals surface area contributed by atoms with Crippen LogP contribution < -0.4 is 5.73 Å². The molecule has 0 fully saturated rings. The Hall–Kier alpha value is -0.201. The van der Waals surface area contributed by atoms with Crippen molar-refractivity contribution in [3.63, 3.8) is 0 Å². The SMILES string of the molecule is NC1=C[SeH2]C=C1. The minimum absolute atomic E-state index is 0.127. The summed E-state index contributed by atoms with van der Waals surface area (Å²) in [6.07, 6.45) is 1.97. The van der Waals surface area contributed by atoms with Gasteiger partial charge in [0.15, 0.2) is 0 Å². The Labute approximate surface area is 43.1 Å². The molecular weight excluding hydrogens is 141 g/mol. The van der Waals surface area contributed by atoms with E-state index in [1.165, 1.54) is 0 Å². The van der Waals surface area contributed by atoms with E-state index in [-0.39, 0.29) is 15.0 Å². The van der Waals surface area contributed by atoms with E-state index in [2.05, 4.69) is 9.95 Å². The van der Waals surface area contributed by atoms with Gasteiger partial charge < -0.3 is 0 Å². The Morgan fingerprint density at radius 3 is 2.67 bits per heavy atom. The molecule has 34 valence electrons. The zero-order valence-corrected chi connectivity index (χ0v) is 5.41. The maximum atomic E-state index is 5.34. The Balaban J connectivity index is 2.68. The van der Waals surface area contributed by atoms with Crippen molar-refractivity contribution in [2.75, 3.05) is 0 Å². The van der Waals surface area contributed by atoms with Crippen LogP contribution >= 0.6 is 0 Å². The average molecular weight is 148 g/mol. The predicted octanol–water partition coefficient (Wildman–Crippen LogP) is -0.517. The van der Waals surface area contributed by atoms with Gasteiger partial charge in [-0.3, -0.25) is 0 Å². The van der Waals surface area contributed by atoms with Crippen LogP contribution in [0.5, 0.6) is 0 Å². The molecule has 0 radical (unpaired) electrons.